The lowest BCUT2D eigenvalue weighted by Crippen LogP contribution is -2.54. The summed E-state index contributed by atoms with van der Waals surface area (Å²) in [4.78, 5) is 28.5. The molecule has 0 saturated carbocycles. The molecule has 0 bridgehead atoms. The lowest BCUT2D eigenvalue weighted by Gasteiger charge is -2.35. The van der Waals surface area contributed by atoms with Crippen molar-refractivity contribution < 1.29 is 9.53 Å². The Morgan fingerprint density at radius 2 is 1.96 bits per heavy atom. The van der Waals surface area contributed by atoms with Crippen LogP contribution in [0.4, 0.5) is 4.79 Å². The predicted molar refractivity (Wildman–Crippen MR) is 106 cm³/mol. The van der Waals surface area contributed by atoms with Crippen molar-refractivity contribution in [2.75, 3.05) is 45.9 Å². The van der Waals surface area contributed by atoms with Crippen LogP contribution in [0.1, 0.15) is 19.7 Å². The fourth-order valence-corrected chi connectivity index (χ4v) is 3.13. The molecule has 1 aliphatic rings. The van der Waals surface area contributed by atoms with Gasteiger partial charge in [0.1, 0.15) is 5.82 Å². The first kappa shape index (κ1) is 19.0. The molecule has 0 radical (unpaired) electrons. The minimum absolute atomic E-state index is 0.232. The van der Waals surface area contributed by atoms with Crippen LogP contribution in [-0.2, 0) is 11.2 Å². The molecule has 0 aliphatic carbocycles. The van der Waals surface area contributed by atoms with Crippen LogP contribution < -0.4 is 5.32 Å². The van der Waals surface area contributed by atoms with Crippen molar-refractivity contribution in [2.24, 2.45) is 4.99 Å². The summed E-state index contributed by atoms with van der Waals surface area (Å²) in [5.74, 6) is 1.83. The van der Waals surface area contributed by atoms with Crippen LogP contribution in [-0.4, -0.2) is 77.7 Å². The summed E-state index contributed by atoms with van der Waals surface area (Å²) in [6.07, 6.45) is 0.524. The largest absolute Gasteiger partial charge is 0.450 e. The number of aromatic amines is 1. The van der Waals surface area contributed by atoms with E-state index in [1.807, 2.05) is 31.2 Å². The second kappa shape index (κ2) is 9.25. The van der Waals surface area contributed by atoms with Crippen molar-refractivity contribution >= 4 is 23.1 Å². The summed E-state index contributed by atoms with van der Waals surface area (Å²) in [6, 6.07) is 8.03. The molecular formula is C19H28N6O2. The highest BCUT2D eigenvalue weighted by molar-refractivity contribution is 5.80. The van der Waals surface area contributed by atoms with Gasteiger partial charge in [-0.3, -0.25) is 4.99 Å². The number of benzene rings is 1. The maximum absolute atomic E-state index is 11.8. The Bertz CT molecular complexity index is 746. The zero-order chi connectivity index (χ0) is 19.1. The molecule has 2 heterocycles. The average molecular weight is 372 g/mol. The maximum Gasteiger partial charge on any atom is 0.409 e. The van der Waals surface area contributed by atoms with Gasteiger partial charge in [0.05, 0.1) is 17.6 Å². The summed E-state index contributed by atoms with van der Waals surface area (Å²) in [6.45, 7) is 8.53. The molecule has 8 nitrogen and oxygen atoms in total. The summed E-state index contributed by atoms with van der Waals surface area (Å²) in [5, 5.41) is 3.35. The highest BCUT2D eigenvalue weighted by Gasteiger charge is 2.23. The van der Waals surface area contributed by atoms with E-state index in [-0.39, 0.29) is 6.09 Å². The number of imidazole rings is 1. The van der Waals surface area contributed by atoms with E-state index in [9.17, 15) is 4.79 Å². The molecule has 0 unspecified atom stereocenters. The van der Waals surface area contributed by atoms with Crippen LogP contribution >= 0.6 is 0 Å². The molecule has 1 aliphatic heterocycles. The van der Waals surface area contributed by atoms with E-state index in [4.69, 9.17) is 9.73 Å². The van der Waals surface area contributed by atoms with Gasteiger partial charge in [-0.05, 0) is 26.0 Å². The van der Waals surface area contributed by atoms with E-state index < -0.39 is 0 Å². The van der Waals surface area contributed by atoms with Crippen LogP contribution in [0.3, 0.4) is 0 Å². The SMILES string of the molecule is CCNC(=NCCc1nc2ccccc2[nH]1)N1CCN(C(=O)OCC)CC1. The van der Waals surface area contributed by atoms with Gasteiger partial charge in [-0.15, -0.1) is 0 Å². The first-order valence-electron chi connectivity index (χ1n) is 9.59. The number of nitrogens with zero attached hydrogens (tertiary/aromatic N) is 4. The predicted octanol–water partition coefficient (Wildman–Crippen LogP) is 1.84. The second-order valence-electron chi connectivity index (χ2n) is 6.36. The number of hydrogen-bond acceptors (Lipinski definition) is 4. The number of nitrogens with one attached hydrogen (secondary N) is 2. The van der Waals surface area contributed by atoms with Crippen molar-refractivity contribution in [1.29, 1.82) is 0 Å². The van der Waals surface area contributed by atoms with Crippen molar-refractivity contribution in [3.05, 3.63) is 30.1 Å². The number of para-hydroxylation sites is 2. The molecule has 0 atom stereocenters. The van der Waals surface area contributed by atoms with E-state index in [1.54, 1.807) is 4.90 Å². The average Bonchev–Trinajstić information content (AvgIpc) is 3.10. The van der Waals surface area contributed by atoms with Crippen molar-refractivity contribution in [1.82, 2.24) is 25.1 Å². The number of aliphatic imine (C=N–C) groups is 1. The van der Waals surface area contributed by atoms with Gasteiger partial charge in [0.2, 0.25) is 0 Å². The Hall–Kier alpha value is -2.77. The number of H-pyrrole nitrogens is 1. The van der Waals surface area contributed by atoms with Gasteiger partial charge in [0, 0.05) is 45.7 Å². The highest BCUT2D eigenvalue weighted by Crippen LogP contribution is 2.11. The summed E-state index contributed by atoms with van der Waals surface area (Å²) < 4.78 is 5.08. The molecular weight excluding hydrogens is 344 g/mol. The first-order chi connectivity index (χ1) is 13.2. The number of amides is 1. The quantitative estimate of drug-likeness (QED) is 0.618. The molecule has 1 saturated heterocycles. The lowest BCUT2D eigenvalue weighted by molar-refractivity contribution is 0.0914. The smallest absolute Gasteiger partial charge is 0.409 e. The topological polar surface area (TPSA) is 85.9 Å². The third-order valence-corrected chi connectivity index (χ3v) is 4.49. The van der Waals surface area contributed by atoms with Crippen molar-refractivity contribution in [2.45, 2.75) is 20.3 Å². The third-order valence-electron chi connectivity index (χ3n) is 4.49. The zero-order valence-corrected chi connectivity index (χ0v) is 16.1. The van der Waals surface area contributed by atoms with E-state index >= 15 is 0 Å². The van der Waals surface area contributed by atoms with E-state index in [1.165, 1.54) is 0 Å². The standard InChI is InChI=1S/C19H28N6O2/c1-3-20-18(24-11-13-25(14-12-24)19(26)27-4-2)21-10-9-17-22-15-7-5-6-8-16(15)23-17/h5-8H,3-4,9-14H2,1-2H3,(H,20,21)(H,22,23). The van der Waals surface area contributed by atoms with Gasteiger partial charge in [0.15, 0.2) is 5.96 Å². The van der Waals surface area contributed by atoms with Crippen molar-refractivity contribution in [3.8, 4) is 0 Å². The molecule has 27 heavy (non-hydrogen) atoms. The van der Waals surface area contributed by atoms with Crippen LogP contribution in [0, 0.1) is 0 Å². The monoisotopic (exact) mass is 372 g/mol. The highest BCUT2D eigenvalue weighted by atomic mass is 16.6. The maximum atomic E-state index is 11.8. The lowest BCUT2D eigenvalue weighted by atomic mass is 10.3. The first-order valence-corrected chi connectivity index (χ1v) is 9.59. The van der Waals surface area contributed by atoms with E-state index in [0.29, 0.717) is 26.2 Å². The number of ether oxygens (including phenoxy) is 1. The molecule has 1 fully saturated rings. The molecule has 146 valence electrons. The summed E-state index contributed by atoms with van der Waals surface area (Å²) in [7, 11) is 0. The Balaban J connectivity index is 1.56. The molecule has 2 aromatic rings. The second-order valence-corrected chi connectivity index (χ2v) is 6.36. The molecule has 1 aromatic heterocycles. The number of piperazine rings is 1. The van der Waals surface area contributed by atoms with Crippen LogP contribution in [0.2, 0.25) is 0 Å². The Kier molecular flexibility index (Phi) is 6.51. The Morgan fingerprint density at radius 3 is 2.67 bits per heavy atom. The Morgan fingerprint density at radius 1 is 1.22 bits per heavy atom. The van der Waals surface area contributed by atoms with Gasteiger partial charge >= 0.3 is 6.09 Å². The number of rotatable bonds is 5. The number of fused-ring (bicyclic) bond motifs is 1. The number of hydrogen-bond donors (Lipinski definition) is 2. The van der Waals surface area contributed by atoms with E-state index in [2.05, 4.69) is 27.1 Å². The molecule has 1 amide bonds. The van der Waals surface area contributed by atoms with Gasteiger partial charge < -0.3 is 24.8 Å². The fourth-order valence-electron chi connectivity index (χ4n) is 3.13. The van der Waals surface area contributed by atoms with Gasteiger partial charge in [-0.1, -0.05) is 12.1 Å². The Labute approximate surface area is 159 Å². The van der Waals surface area contributed by atoms with Crippen LogP contribution in [0.25, 0.3) is 11.0 Å². The molecule has 1 aromatic carbocycles. The fraction of sp³-hybridized carbons (Fsp3) is 0.526. The molecule has 2 N–H and O–H groups in total. The molecule has 8 heteroatoms. The van der Waals surface area contributed by atoms with Gasteiger partial charge in [-0.2, -0.15) is 0 Å². The summed E-state index contributed by atoms with van der Waals surface area (Å²) in [5.41, 5.74) is 2.04. The normalized spacial score (nSPS) is 15.3. The number of carbonyl (C=O) groups excluding carboxylic acids is 1. The van der Waals surface area contributed by atoms with Gasteiger partial charge in [0.25, 0.3) is 0 Å². The zero-order valence-electron chi connectivity index (χ0n) is 16.1. The minimum atomic E-state index is -0.232. The van der Waals surface area contributed by atoms with E-state index in [0.717, 1.165) is 48.9 Å². The third kappa shape index (κ3) is 4.90. The molecule has 3 rings (SSSR count). The molecule has 0 spiro atoms. The minimum Gasteiger partial charge on any atom is -0.450 e. The summed E-state index contributed by atoms with van der Waals surface area (Å²) >= 11 is 0. The van der Waals surface area contributed by atoms with Gasteiger partial charge in [-0.25, -0.2) is 9.78 Å². The van der Waals surface area contributed by atoms with Crippen LogP contribution in [0.15, 0.2) is 29.3 Å². The van der Waals surface area contributed by atoms with Crippen molar-refractivity contribution in [3.63, 3.8) is 0 Å². The number of guanidine groups is 1. The van der Waals surface area contributed by atoms with Crippen LogP contribution in [0.5, 0.6) is 0 Å². The number of aromatic nitrogens is 2. The number of carbonyl (C=O) groups is 1.